The van der Waals surface area contributed by atoms with E-state index in [-0.39, 0.29) is 40.1 Å². The van der Waals surface area contributed by atoms with Crippen molar-refractivity contribution >= 4 is 0 Å². The molecule has 0 aliphatic rings. The van der Waals surface area contributed by atoms with E-state index in [9.17, 15) is 0 Å². The Morgan fingerprint density at radius 3 is 1.33 bits per heavy atom. The molecular formula is C2H12Br2N2. The van der Waals surface area contributed by atoms with Crippen molar-refractivity contribution in [3.05, 3.63) is 0 Å². The Bertz CT molecular complexity index is 9.51. The lowest BCUT2D eigenvalue weighted by molar-refractivity contribution is -0.361. The third kappa shape index (κ3) is 94.9. The standard InChI is InChI=1S/C2H7N.2BrH.H3N/c1-2-3;;;/h2-3H2,1H3;2*1H;1H3. The Morgan fingerprint density at radius 1 is 1.33 bits per heavy atom. The molecule has 0 aliphatic carbocycles. The molecule has 0 saturated heterocycles. The molecule has 0 heterocycles. The summed E-state index contributed by atoms with van der Waals surface area (Å²) in [7, 11) is 0. The smallest absolute Gasteiger partial charge is 0.0711 e. The summed E-state index contributed by atoms with van der Waals surface area (Å²) in [6, 6.07) is 0. The maximum atomic E-state index is 3.49. The van der Waals surface area contributed by atoms with Crippen molar-refractivity contribution in [2.75, 3.05) is 6.54 Å². The van der Waals surface area contributed by atoms with Crippen molar-refractivity contribution in [3.8, 4) is 0 Å². The van der Waals surface area contributed by atoms with Crippen molar-refractivity contribution in [3.63, 3.8) is 0 Å². The fourth-order valence-electron chi connectivity index (χ4n) is 0. The summed E-state index contributed by atoms with van der Waals surface area (Å²) in [4.78, 5) is 0. The van der Waals surface area contributed by atoms with Gasteiger partial charge in [0, 0.05) is 0 Å². The highest BCUT2D eigenvalue weighted by Crippen LogP contribution is 1.13. The van der Waals surface area contributed by atoms with E-state index in [1.165, 1.54) is 0 Å². The lowest BCUT2D eigenvalue weighted by Crippen LogP contribution is -3.00. The van der Waals surface area contributed by atoms with Crippen LogP contribution in [0.5, 0.6) is 0 Å². The van der Waals surface area contributed by atoms with Gasteiger partial charge in [0.2, 0.25) is 0 Å². The van der Waals surface area contributed by atoms with Crippen LogP contribution in [0.2, 0.25) is 0 Å². The van der Waals surface area contributed by atoms with Crippen LogP contribution in [-0.4, -0.2) is 6.54 Å². The van der Waals surface area contributed by atoms with E-state index >= 15 is 0 Å². The largest absolute Gasteiger partial charge is 1.00 e. The first-order chi connectivity index (χ1) is 1.41. The molecule has 0 rings (SSSR count). The Morgan fingerprint density at radius 2 is 1.33 bits per heavy atom. The van der Waals surface area contributed by atoms with E-state index in [2.05, 4.69) is 5.73 Å². The van der Waals surface area contributed by atoms with Gasteiger partial charge in [-0.05, 0) is 6.92 Å². The topological polar surface area (TPSA) is 64.1 Å². The monoisotopic (exact) mass is 222 g/mol. The SMILES string of the molecule is CC[NH3+].[Br-].[Br-].[NH4+]. The minimum atomic E-state index is 0. The fraction of sp³-hybridized carbons (Fsp3) is 1.00. The summed E-state index contributed by atoms with van der Waals surface area (Å²) in [5.74, 6) is 0. The number of rotatable bonds is 0. The second-order valence-electron chi connectivity index (χ2n) is 0.500. The second-order valence-corrected chi connectivity index (χ2v) is 0.500. The summed E-state index contributed by atoms with van der Waals surface area (Å²) in [5, 5.41) is 0. The number of hydrogen-bond acceptors (Lipinski definition) is 0. The average molecular weight is 224 g/mol. The molecule has 7 N–H and O–H groups in total. The molecule has 0 bridgehead atoms. The zero-order chi connectivity index (χ0) is 2.71. The number of hydrogen-bond donors (Lipinski definition) is 2. The number of quaternary nitrogens is 2. The molecule has 6 heavy (non-hydrogen) atoms. The van der Waals surface area contributed by atoms with E-state index < -0.39 is 0 Å². The minimum absolute atomic E-state index is 0. The van der Waals surface area contributed by atoms with Crippen molar-refractivity contribution in [1.82, 2.24) is 6.15 Å². The first kappa shape index (κ1) is 28.7. The molecule has 0 aliphatic heterocycles. The van der Waals surface area contributed by atoms with Gasteiger partial charge in [0.05, 0.1) is 6.54 Å². The molecular weight excluding hydrogens is 212 g/mol. The van der Waals surface area contributed by atoms with Crippen LogP contribution in [0, 0.1) is 0 Å². The van der Waals surface area contributed by atoms with Gasteiger partial charge in [-0.3, -0.25) is 0 Å². The molecule has 0 fully saturated rings. The van der Waals surface area contributed by atoms with Crippen LogP contribution in [0.3, 0.4) is 0 Å². The van der Waals surface area contributed by atoms with Crippen molar-refractivity contribution in [1.29, 1.82) is 0 Å². The molecule has 0 aromatic heterocycles. The lowest BCUT2D eigenvalue weighted by Gasteiger charge is -1.49. The Labute approximate surface area is 59.6 Å². The van der Waals surface area contributed by atoms with Gasteiger partial charge in [0.15, 0.2) is 0 Å². The molecule has 0 radical (unpaired) electrons. The minimum Gasteiger partial charge on any atom is -1.00 e. The summed E-state index contributed by atoms with van der Waals surface area (Å²) in [6.45, 7) is 3.01. The molecule has 0 aromatic rings. The Hall–Kier alpha value is 0.880. The predicted octanol–water partition coefficient (Wildman–Crippen LogP) is -6.37. The Balaban J connectivity index is -0.00000000667. The second kappa shape index (κ2) is 39.6. The van der Waals surface area contributed by atoms with Crippen LogP contribution < -0.4 is 45.8 Å². The first-order valence-corrected chi connectivity index (χ1v) is 1.21. The van der Waals surface area contributed by atoms with E-state index in [0.717, 1.165) is 6.54 Å². The van der Waals surface area contributed by atoms with Crippen LogP contribution in [0.1, 0.15) is 6.92 Å². The normalized spacial score (nSPS) is 3.00. The lowest BCUT2D eigenvalue weighted by atomic mass is 10.8. The summed E-state index contributed by atoms with van der Waals surface area (Å²) >= 11 is 0. The van der Waals surface area contributed by atoms with E-state index in [4.69, 9.17) is 0 Å². The molecule has 2 nitrogen and oxygen atoms in total. The maximum Gasteiger partial charge on any atom is 0.0711 e. The third-order valence-corrected chi connectivity index (χ3v) is 0. The molecule has 0 atom stereocenters. The Kier molecular flexibility index (Phi) is 189. The van der Waals surface area contributed by atoms with Crippen LogP contribution in [-0.2, 0) is 0 Å². The van der Waals surface area contributed by atoms with Gasteiger partial charge in [-0.1, -0.05) is 0 Å². The molecule has 0 saturated carbocycles. The first-order valence-electron chi connectivity index (χ1n) is 1.21. The maximum absolute atomic E-state index is 3.49. The van der Waals surface area contributed by atoms with Crippen LogP contribution in [0.4, 0.5) is 0 Å². The fourth-order valence-corrected chi connectivity index (χ4v) is 0. The molecule has 0 unspecified atom stereocenters. The van der Waals surface area contributed by atoms with Gasteiger partial charge in [-0.15, -0.1) is 0 Å². The molecule has 44 valence electrons. The molecule has 0 amide bonds. The summed E-state index contributed by atoms with van der Waals surface area (Å²) < 4.78 is 0. The quantitative estimate of drug-likeness (QED) is 0.411. The highest BCUT2D eigenvalue weighted by molar-refractivity contribution is 3.79. The van der Waals surface area contributed by atoms with Crippen molar-refractivity contribution < 1.29 is 39.7 Å². The zero-order valence-corrected chi connectivity index (χ0v) is 7.34. The zero-order valence-electron chi connectivity index (χ0n) is 4.17. The van der Waals surface area contributed by atoms with Crippen molar-refractivity contribution in [2.45, 2.75) is 6.92 Å². The van der Waals surface area contributed by atoms with Gasteiger partial charge in [-0.25, -0.2) is 0 Å². The van der Waals surface area contributed by atoms with Gasteiger partial charge >= 0.3 is 0 Å². The van der Waals surface area contributed by atoms with Crippen LogP contribution in [0.15, 0.2) is 0 Å². The van der Waals surface area contributed by atoms with Crippen molar-refractivity contribution in [2.24, 2.45) is 0 Å². The summed E-state index contributed by atoms with van der Waals surface area (Å²) in [5.41, 5.74) is 3.49. The van der Waals surface area contributed by atoms with Gasteiger partial charge in [-0.2, -0.15) is 0 Å². The van der Waals surface area contributed by atoms with Gasteiger partial charge in [0.1, 0.15) is 0 Å². The van der Waals surface area contributed by atoms with E-state index in [1.54, 1.807) is 0 Å². The number of halogens is 2. The highest BCUT2D eigenvalue weighted by Gasteiger charge is 1.37. The van der Waals surface area contributed by atoms with Gasteiger partial charge in [0.25, 0.3) is 0 Å². The van der Waals surface area contributed by atoms with E-state index in [1.807, 2.05) is 6.92 Å². The van der Waals surface area contributed by atoms with E-state index in [0.29, 0.717) is 0 Å². The molecule has 0 aromatic carbocycles. The van der Waals surface area contributed by atoms with Crippen LogP contribution in [0.25, 0.3) is 0 Å². The highest BCUT2D eigenvalue weighted by atomic mass is 79.9. The molecule has 0 spiro atoms. The summed E-state index contributed by atoms with van der Waals surface area (Å²) in [6.07, 6.45) is 0. The van der Waals surface area contributed by atoms with Gasteiger partial charge < -0.3 is 45.8 Å². The average Bonchev–Trinajstić information content (AvgIpc) is 0.918. The van der Waals surface area contributed by atoms with Crippen LogP contribution >= 0.6 is 0 Å². The molecule has 4 heteroatoms. The third-order valence-electron chi connectivity index (χ3n) is 0. The predicted molar refractivity (Wildman–Crippen MR) is 19.4 cm³/mol.